The summed E-state index contributed by atoms with van der Waals surface area (Å²) in [6.07, 6.45) is 2.76. The normalized spacial score (nSPS) is 19.9. The second kappa shape index (κ2) is 9.06. The molecule has 0 bridgehead atoms. The molecule has 2 unspecified atom stereocenters. The quantitative estimate of drug-likeness (QED) is 0.748. The lowest BCUT2D eigenvalue weighted by molar-refractivity contribution is 0.102. The fraction of sp³-hybridized carbons (Fsp3) is 0.409. The molecule has 2 aromatic rings. The van der Waals surface area contributed by atoms with Crippen molar-refractivity contribution in [2.45, 2.75) is 50.1 Å². The molecule has 0 aliphatic carbocycles. The van der Waals surface area contributed by atoms with E-state index in [0.29, 0.717) is 22.7 Å². The number of carbonyl (C=O) groups is 1. The molecule has 2 aromatic carbocycles. The van der Waals surface area contributed by atoms with E-state index in [-0.39, 0.29) is 22.9 Å². The molecule has 3 rings (SSSR count). The van der Waals surface area contributed by atoms with Gasteiger partial charge in [0.1, 0.15) is 11.5 Å². The van der Waals surface area contributed by atoms with Crippen LogP contribution in [0.15, 0.2) is 47.4 Å². The molecule has 2 atom stereocenters. The van der Waals surface area contributed by atoms with Crippen molar-refractivity contribution in [2.24, 2.45) is 0 Å². The number of carbonyl (C=O) groups excluding carboxylic acids is 1. The molecular weight excluding hydrogens is 404 g/mol. The van der Waals surface area contributed by atoms with Crippen molar-refractivity contribution in [3.05, 3.63) is 48.0 Å². The Kier molecular flexibility index (Phi) is 6.67. The molecule has 1 saturated heterocycles. The molecule has 0 aromatic heterocycles. The number of benzene rings is 2. The third-order valence-electron chi connectivity index (χ3n) is 5.45. The number of amides is 1. The van der Waals surface area contributed by atoms with E-state index < -0.39 is 10.0 Å². The summed E-state index contributed by atoms with van der Waals surface area (Å²) >= 11 is 0. The molecule has 7 nitrogen and oxygen atoms in total. The van der Waals surface area contributed by atoms with Crippen LogP contribution in [0, 0.1) is 0 Å². The minimum atomic E-state index is -3.59. The standard InChI is InChI=1S/C22H28N2O5S/c1-15-6-5-7-16(2)24(15)30(26,27)19-11-8-17(9-12-19)23-22(25)20-13-10-18(28-3)14-21(20)29-4/h8-16H,5-7H2,1-4H3,(H,23,25). The van der Waals surface area contributed by atoms with Gasteiger partial charge in [-0.3, -0.25) is 4.79 Å². The summed E-state index contributed by atoms with van der Waals surface area (Å²) in [5.41, 5.74) is 0.850. The van der Waals surface area contributed by atoms with Gasteiger partial charge in [-0.1, -0.05) is 6.42 Å². The molecule has 1 amide bonds. The minimum absolute atomic E-state index is 0.0272. The zero-order valence-electron chi connectivity index (χ0n) is 17.7. The van der Waals surface area contributed by atoms with Gasteiger partial charge in [0.15, 0.2) is 0 Å². The first-order chi connectivity index (χ1) is 14.3. The summed E-state index contributed by atoms with van der Waals surface area (Å²) in [7, 11) is -0.572. The zero-order chi connectivity index (χ0) is 21.9. The highest BCUT2D eigenvalue weighted by Crippen LogP contribution is 2.30. The van der Waals surface area contributed by atoms with Gasteiger partial charge < -0.3 is 14.8 Å². The number of sulfonamides is 1. The molecule has 1 fully saturated rings. The molecule has 0 spiro atoms. The summed E-state index contributed by atoms with van der Waals surface area (Å²) in [6, 6.07) is 11.1. The van der Waals surface area contributed by atoms with Crippen LogP contribution in [0.5, 0.6) is 11.5 Å². The molecule has 0 radical (unpaired) electrons. The minimum Gasteiger partial charge on any atom is -0.497 e. The third-order valence-corrected chi connectivity index (χ3v) is 7.60. The van der Waals surface area contributed by atoms with Crippen LogP contribution < -0.4 is 14.8 Å². The molecule has 8 heteroatoms. The van der Waals surface area contributed by atoms with E-state index in [1.165, 1.54) is 26.4 Å². The van der Waals surface area contributed by atoms with Crippen molar-refractivity contribution >= 4 is 21.6 Å². The van der Waals surface area contributed by atoms with E-state index in [9.17, 15) is 13.2 Å². The highest BCUT2D eigenvalue weighted by Gasteiger charge is 2.35. The maximum absolute atomic E-state index is 13.1. The van der Waals surface area contributed by atoms with Crippen LogP contribution >= 0.6 is 0 Å². The van der Waals surface area contributed by atoms with Crippen LogP contribution in [0.3, 0.4) is 0 Å². The van der Waals surface area contributed by atoms with Gasteiger partial charge >= 0.3 is 0 Å². The molecule has 30 heavy (non-hydrogen) atoms. The largest absolute Gasteiger partial charge is 0.497 e. The van der Waals surface area contributed by atoms with Gasteiger partial charge in [-0.2, -0.15) is 4.31 Å². The lowest BCUT2D eigenvalue weighted by Crippen LogP contribution is -2.47. The smallest absolute Gasteiger partial charge is 0.259 e. The fourth-order valence-corrected chi connectivity index (χ4v) is 5.77. The van der Waals surface area contributed by atoms with Crippen LogP contribution in [-0.4, -0.2) is 44.9 Å². The zero-order valence-corrected chi connectivity index (χ0v) is 18.5. The van der Waals surface area contributed by atoms with Crippen molar-refractivity contribution in [3.8, 4) is 11.5 Å². The Morgan fingerprint density at radius 1 is 1.00 bits per heavy atom. The van der Waals surface area contributed by atoms with E-state index in [4.69, 9.17) is 9.47 Å². The van der Waals surface area contributed by atoms with Crippen molar-refractivity contribution < 1.29 is 22.7 Å². The summed E-state index contributed by atoms with van der Waals surface area (Å²) in [6.45, 7) is 3.90. The van der Waals surface area contributed by atoms with Gasteiger partial charge in [0.2, 0.25) is 10.0 Å². The number of ether oxygens (including phenoxy) is 2. The molecule has 1 aliphatic rings. The predicted octanol–water partition coefficient (Wildman–Crippen LogP) is 3.91. The number of rotatable bonds is 6. The van der Waals surface area contributed by atoms with Crippen LogP contribution in [0.4, 0.5) is 5.69 Å². The molecule has 1 aliphatic heterocycles. The Bertz CT molecular complexity index is 995. The van der Waals surface area contributed by atoms with E-state index in [1.54, 1.807) is 34.6 Å². The number of nitrogens with one attached hydrogen (secondary N) is 1. The lowest BCUT2D eigenvalue weighted by Gasteiger charge is -2.37. The summed E-state index contributed by atoms with van der Waals surface area (Å²) in [5, 5.41) is 2.78. The van der Waals surface area contributed by atoms with E-state index in [0.717, 1.165) is 19.3 Å². The Morgan fingerprint density at radius 2 is 1.63 bits per heavy atom. The fourth-order valence-electron chi connectivity index (χ4n) is 3.89. The second-order valence-electron chi connectivity index (χ2n) is 7.51. The van der Waals surface area contributed by atoms with Gasteiger partial charge in [-0.15, -0.1) is 0 Å². The SMILES string of the molecule is COc1ccc(C(=O)Nc2ccc(S(=O)(=O)N3C(C)CCCC3C)cc2)c(OC)c1. The topological polar surface area (TPSA) is 84.9 Å². The first-order valence-electron chi connectivity index (χ1n) is 9.95. The molecule has 1 N–H and O–H groups in total. The first-order valence-corrected chi connectivity index (χ1v) is 11.4. The number of anilines is 1. The average molecular weight is 433 g/mol. The van der Waals surface area contributed by atoms with E-state index >= 15 is 0 Å². The van der Waals surface area contributed by atoms with Gasteiger partial charge in [-0.05, 0) is 63.1 Å². The summed E-state index contributed by atoms with van der Waals surface area (Å²) in [5.74, 6) is 0.613. The van der Waals surface area contributed by atoms with Crippen LogP contribution in [-0.2, 0) is 10.0 Å². The van der Waals surface area contributed by atoms with E-state index in [1.807, 2.05) is 13.8 Å². The van der Waals surface area contributed by atoms with E-state index in [2.05, 4.69) is 5.32 Å². The van der Waals surface area contributed by atoms with Crippen molar-refractivity contribution in [1.29, 1.82) is 0 Å². The molecular formula is C22H28N2O5S. The number of hydrogen-bond acceptors (Lipinski definition) is 5. The maximum Gasteiger partial charge on any atom is 0.259 e. The summed E-state index contributed by atoms with van der Waals surface area (Å²) in [4.78, 5) is 12.9. The highest BCUT2D eigenvalue weighted by molar-refractivity contribution is 7.89. The van der Waals surface area contributed by atoms with Crippen molar-refractivity contribution in [2.75, 3.05) is 19.5 Å². The predicted molar refractivity (Wildman–Crippen MR) is 116 cm³/mol. The number of piperidine rings is 1. The first kappa shape index (κ1) is 22.1. The van der Waals surface area contributed by atoms with Gasteiger partial charge in [0.25, 0.3) is 5.91 Å². The molecule has 0 saturated carbocycles. The van der Waals surface area contributed by atoms with Crippen LogP contribution in [0.1, 0.15) is 43.5 Å². The Balaban J connectivity index is 1.78. The van der Waals surface area contributed by atoms with Gasteiger partial charge in [-0.25, -0.2) is 8.42 Å². The summed E-state index contributed by atoms with van der Waals surface area (Å²) < 4.78 is 38.3. The Morgan fingerprint density at radius 3 is 2.20 bits per heavy atom. The highest BCUT2D eigenvalue weighted by atomic mass is 32.2. The third kappa shape index (κ3) is 4.44. The van der Waals surface area contributed by atoms with Gasteiger partial charge in [0.05, 0.1) is 24.7 Å². The molecule has 1 heterocycles. The van der Waals surface area contributed by atoms with Crippen molar-refractivity contribution in [3.63, 3.8) is 0 Å². The van der Waals surface area contributed by atoms with Crippen LogP contribution in [0.2, 0.25) is 0 Å². The lowest BCUT2D eigenvalue weighted by atomic mass is 10.0. The molecule has 162 valence electrons. The van der Waals surface area contributed by atoms with Gasteiger partial charge in [0, 0.05) is 23.8 Å². The number of hydrogen-bond donors (Lipinski definition) is 1. The van der Waals surface area contributed by atoms with Crippen LogP contribution in [0.25, 0.3) is 0 Å². The second-order valence-corrected chi connectivity index (χ2v) is 9.35. The maximum atomic E-state index is 13.1. The Hall–Kier alpha value is -2.58. The Labute approximate surface area is 178 Å². The monoisotopic (exact) mass is 432 g/mol. The average Bonchev–Trinajstić information content (AvgIpc) is 2.73. The number of nitrogens with zero attached hydrogens (tertiary/aromatic N) is 1. The van der Waals surface area contributed by atoms with Crippen molar-refractivity contribution in [1.82, 2.24) is 4.31 Å². The number of methoxy groups -OCH3 is 2.